The minimum absolute atomic E-state index is 0.406. The summed E-state index contributed by atoms with van der Waals surface area (Å²) in [6.45, 7) is 4.20. The first-order valence-electron chi connectivity index (χ1n) is 4.78. The van der Waals surface area contributed by atoms with Gasteiger partial charge in [0.05, 0.1) is 12.7 Å². The van der Waals surface area contributed by atoms with Crippen LogP contribution in [0.3, 0.4) is 0 Å². The van der Waals surface area contributed by atoms with Crippen LogP contribution in [0.15, 0.2) is 30.3 Å². The van der Waals surface area contributed by atoms with Crippen LogP contribution in [0.4, 0.5) is 0 Å². The van der Waals surface area contributed by atoms with Crippen molar-refractivity contribution in [3.8, 4) is 0 Å². The third-order valence-corrected chi connectivity index (χ3v) is 1.96. The number of hydrogen-bond acceptors (Lipinski definition) is 2. The lowest BCUT2D eigenvalue weighted by Crippen LogP contribution is -1.98. The molecular formula is C12H14O3. The summed E-state index contributed by atoms with van der Waals surface area (Å²) in [7, 11) is 0. The average molecular weight is 206 g/mol. The van der Waals surface area contributed by atoms with Crippen molar-refractivity contribution in [2.24, 2.45) is 0 Å². The Kier molecular flexibility index (Phi) is 3.92. The van der Waals surface area contributed by atoms with Crippen LogP contribution in [-0.2, 0) is 9.53 Å². The quantitative estimate of drug-likeness (QED) is 0.608. The summed E-state index contributed by atoms with van der Waals surface area (Å²) < 4.78 is 5.30. The molecule has 1 aromatic carbocycles. The maximum Gasteiger partial charge on any atom is 0.332 e. The Balaban J connectivity index is 3.10. The van der Waals surface area contributed by atoms with Gasteiger partial charge in [-0.05, 0) is 19.4 Å². The fourth-order valence-corrected chi connectivity index (χ4v) is 1.31. The van der Waals surface area contributed by atoms with Gasteiger partial charge >= 0.3 is 5.97 Å². The van der Waals surface area contributed by atoms with E-state index in [1.54, 1.807) is 0 Å². The van der Waals surface area contributed by atoms with Crippen molar-refractivity contribution in [3.05, 3.63) is 41.5 Å². The molecule has 80 valence electrons. The molecule has 0 spiro atoms. The van der Waals surface area contributed by atoms with Crippen molar-refractivity contribution in [2.45, 2.75) is 13.8 Å². The lowest BCUT2D eigenvalue weighted by Gasteiger charge is -2.10. The summed E-state index contributed by atoms with van der Waals surface area (Å²) in [5, 5.41) is 8.71. The molecule has 0 fully saturated rings. The number of aryl methyl sites for hydroxylation is 1. The lowest BCUT2D eigenvalue weighted by molar-refractivity contribution is -0.131. The summed E-state index contributed by atoms with van der Waals surface area (Å²) in [6.07, 6.45) is 1.09. The van der Waals surface area contributed by atoms with Gasteiger partial charge in [0.1, 0.15) is 5.76 Å². The Morgan fingerprint density at radius 3 is 2.67 bits per heavy atom. The van der Waals surface area contributed by atoms with Crippen LogP contribution < -0.4 is 0 Å². The van der Waals surface area contributed by atoms with Crippen LogP contribution in [0.5, 0.6) is 0 Å². The van der Waals surface area contributed by atoms with Gasteiger partial charge in [-0.1, -0.05) is 24.3 Å². The van der Waals surface area contributed by atoms with Crippen molar-refractivity contribution >= 4 is 11.7 Å². The number of rotatable bonds is 4. The third-order valence-electron chi connectivity index (χ3n) is 1.96. The monoisotopic (exact) mass is 206 g/mol. The van der Waals surface area contributed by atoms with Gasteiger partial charge in [0, 0.05) is 5.56 Å². The van der Waals surface area contributed by atoms with E-state index in [-0.39, 0.29) is 0 Å². The molecule has 1 rings (SSSR count). The highest BCUT2D eigenvalue weighted by molar-refractivity contribution is 5.88. The van der Waals surface area contributed by atoms with Crippen LogP contribution in [0.25, 0.3) is 5.76 Å². The van der Waals surface area contributed by atoms with E-state index in [0.29, 0.717) is 12.4 Å². The Hall–Kier alpha value is -1.77. The molecule has 0 saturated heterocycles. The maximum atomic E-state index is 10.6. The predicted octanol–water partition coefficient (Wildman–Crippen LogP) is 2.46. The number of hydrogen-bond donors (Lipinski definition) is 1. The second-order valence-corrected chi connectivity index (χ2v) is 3.09. The van der Waals surface area contributed by atoms with Gasteiger partial charge in [-0.15, -0.1) is 0 Å². The molecular weight excluding hydrogens is 192 g/mol. The van der Waals surface area contributed by atoms with Crippen molar-refractivity contribution in [1.82, 2.24) is 0 Å². The molecule has 3 nitrogen and oxygen atoms in total. The number of aliphatic carboxylic acids is 1. The van der Waals surface area contributed by atoms with E-state index in [1.807, 2.05) is 38.1 Å². The molecule has 0 heterocycles. The lowest BCUT2D eigenvalue weighted by atomic mass is 10.1. The van der Waals surface area contributed by atoms with Crippen molar-refractivity contribution in [1.29, 1.82) is 0 Å². The topological polar surface area (TPSA) is 46.5 Å². The van der Waals surface area contributed by atoms with Crippen molar-refractivity contribution in [3.63, 3.8) is 0 Å². The first kappa shape index (κ1) is 11.3. The number of carbonyl (C=O) groups is 1. The Morgan fingerprint density at radius 1 is 1.47 bits per heavy atom. The molecule has 0 aliphatic heterocycles. The third kappa shape index (κ3) is 3.13. The number of carboxylic acid groups (broad SMARTS) is 1. The Labute approximate surface area is 89.0 Å². The van der Waals surface area contributed by atoms with E-state index in [2.05, 4.69) is 0 Å². The molecule has 0 amide bonds. The van der Waals surface area contributed by atoms with E-state index in [9.17, 15) is 4.79 Å². The van der Waals surface area contributed by atoms with Crippen molar-refractivity contribution in [2.75, 3.05) is 6.61 Å². The highest BCUT2D eigenvalue weighted by atomic mass is 16.5. The standard InChI is InChI=1S/C12H14O3/c1-3-15-11(8-12(13)14)10-7-5-4-6-9(10)2/h4-8H,3H2,1-2H3,(H,13,14)/b11-8-. The smallest absolute Gasteiger partial charge is 0.332 e. The van der Waals surface area contributed by atoms with Gasteiger partial charge in [-0.3, -0.25) is 0 Å². The van der Waals surface area contributed by atoms with Crippen LogP contribution in [0.1, 0.15) is 18.1 Å². The Bertz CT molecular complexity index is 380. The molecule has 1 N–H and O–H groups in total. The molecule has 0 aliphatic carbocycles. The van der Waals surface area contributed by atoms with Crippen LogP contribution in [-0.4, -0.2) is 17.7 Å². The van der Waals surface area contributed by atoms with Gasteiger partial charge in [-0.2, -0.15) is 0 Å². The molecule has 3 heteroatoms. The SMILES string of the molecule is CCO/C(=C\C(=O)O)c1ccccc1C. The second kappa shape index (κ2) is 5.20. The molecule has 1 aromatic rings. The largest absolute Gasteiger partial charge is 0.493 e. The van der Waals surface area contributed by atoms with E-state index in [4.69, 9.17) is 9.84 Å². The van der Waals surface area contributed by atoms with E-state index in [1.165, 1.54) is 0 Å². The molecule has 0 unspecified atom stereocenters. The predicted molar refractivity (Wildman–Crippen MR) is 58.4 cm³/mol. The minimum atomic E-state index is -0.998. The zero-order valence-corrected chi connectivity index (χ0v) is 8.86. The number of carboxylic acids is 1. The fraction of sp³-hybridized carbons (Fsp3) is 0.250. The summed E-state index contributed by atoms with van der Waals surface area (Å²) in [4.78, 5) is 10.6. The first-order chi connectivity index (χ1) is 7.15. The van der Waals surface area contributed by atoms with Crippen LogP contribution in [0, 0.1) is 6.92 Å². The zero-order valence-electron chi connectivity index (χ0n) is 8.86. The Morgan fingerprint density at radius 2 is 2.13 bits per heavy atom. The fourth-order valence-electron chi connectivity index (χ4n) is 1.31. The molecule has 15 heavy (non-hydrogen) atoms. The van der Waals surface area contributed by atoms with E-state index >= 15 is 0 Å². The molecule has 0 aromatic heterocycles. The van der Waals surface area contributed by atoms with Gasteiger partial charge in [0.25, 0.3) is 0 Å². The summed E-state index contributed by atoms with van der Waals surface area (Å²) in [5.41, 5.74) is 1.82. The highest BCUT2D eigenvalue weighted by Gasteiger charge is 2.07. The molecule has 0 aliphatic rings. The number of ether oxygens (including phenoxy) is 1. The minimum Gasteiger partial charge on any atom is -0.493 e. The maximum absolute atomic E-state index is 10.6. The van der Waals surface area contributed by atoms with Gasteiger partial charge < -0.3 is 9.84 Å². The van der Waals surface area contributed by atoms with E-state index in [0.717, 1.165) is 17.2 Å². The van der Waals surface area contributed by atoms with Gasteiger partial charge in [0.2, 0.25) is 0 Å². The normalized spacial score (nSPS) is 11.2. The molecule has 0 bridgehead atoms. The van der Waals surface area contributed by atoms with Gasteiger partial charge in [-0.25, -0.2) is 4.79 Å². The summed E-state index contributed by atoms with van der Waals surface area (Å²) in [5.74, 6) is -0.593. The first-order valence-corrected chi connectivity index (χ1v) is 4.78. The number of benzene rings is 1. The second-order valence-electron chi connectivity index (χ2n) is 3.09. The average Bonchev–Trinajstić information content (AvgIpc) is 2.17. The van der Waals surface area contributed by atoms with Crippen molar-refractivity contribution < 1.29 is 14.6 Å². The highest BCUT2D eigenvalue weighted by Crippen LogP contribution is 2.19. The summed E-state index contributed by atoms with van der Waals surface area (Å²) >= 11 is 0. The zero-order chi connectivity index (χ0) is 11.3. The van der Waals surface area contributed by atoms with Crippen LogP contribution in [0.2, 0.25) is 0 Å². The van der Waals surface area contributed by atoms with E-state index < -0.39 is 5.97 Å². The summed E-state index contributed by atoms with van der Waals surface area (Å²) in [6, 6.07) is 7.53. The van der Waals surface area contributed by atoms with Crippen LogP contribution >= 0.6 is 0 Å². The molecule has 0 atom stereocenters. The molecule has 0 saturated carbocycles. The molecule has 0 radical (unpaired) electrons. The van der Waals surface area contributed by atoms with Gasteiger partial charge in [0.15, 0.2) is 0 Å².